The van der Waals surface area contributed by atoms with Crippen molar-refractivity contribution < 1.29 is 14.6 Å². The number of carbonyl (C=O) groups excluding carboxylic acids is 1. The third-order valence-electron chi connectivity index (χ3n) is 5.87. The second-order valence-corrected chi connectivity index (χ2v) is 7.88. The predicted molar refractivity (Wildman–Crippen MR) is 125 cm³/mol. The molecule has 0 aliphatic carbocycles. The number of imidazole rings is 1. The van der Waals surface area contributed by atoms with E-state index in [0.29, 0.717) is 12.2 Å². The van der Waals surface area contributed by atoms with E-state index in [1.54, 1.807) is 12.0 Å². The van der Waals surface area contributed by atoms with Gasteiger partial charge in [0.05, 0.1) is 23.3 Å². The van der Waals surface area contributed by atoms with Gasteiger partial charge in [0.25, 0.3) is 0 Å². The summed E-state index contributed by atoms with van der Waals surface area (Å²) in [6.45, 7) is 8.61. The second-order valence-electron chi connectivity index (χ2n) is 7.88. The van der Waals surface area contributed by atoms with E-state index in [0.717, 1.165) is 51.8 Å². The van der Waals surface area contributed by atoms with Gasteiger partial charge in [0, 0.05) is 13.5 Å². The number of amides is 1. The molecule has 0 radical (unpaired) electrons. The number of benzene rings is 2. The Morgan fingerprint density at radius 1 is 1.13 bits per heavy atom. The Balaban J connectivity index is 2.07. The van der Waals surface area contributed by atoms with Crippen molar-refractivity contribution in [1.29, 1.82) is 0 Å². The molecule has 0 bridgehead atoms. The quantitative estimate of drug-likeness (QED) is 0.529. The van der Waals surface area contributed by atoms with Gasteiger partial charge in [-0.3, -0.25) is 9.69 Å². The summed E-state index contributed by atoms with van der Waals surface area (Å²) >= 11 is 0. The third-order valence-corrected chi connectivity index (χ3v) is 5.87. The summed E-state index contributed by atoms with van der Waals surface area (Å²) in [6.07, 6.45) is 2.06. The van der Waals surface area contributed by atoms with Crippen LogP contribution in [0.25, 0.3) is 11.0 Å². The molecule has 0 fully saturated rings. The van der Waals surface area contributed by atoms with E-state index >= 15 is 0 Å². The Labute approximate surface area is 184 Å². The number of methoxy groups -OCH3 is 1. The average molecular weight is 424 g/mol. The van der Waals surface area contributed by atoms with Crippen molar-refractivity contribution in [2.45, 2.75) is 53.5 Å². The van der Waals surface area contributed by atoms with Crippen LogP contribution in [-0.4, -0.2) is 41.0 Å². The number of fused-ring (bicyclic) bond motifs is 1. The number of para-hydroxylation sites is 1. The van der Waals surface area contributed by atoms with Gasteiger partial charge >= 0.3 is 0 Å². The number of carbonyl (C=O) groups is 1. The van der Waals surface area contributed by atoms with Crippen molar-refractivity contribution in [2.24, 2.45) is 0 Å². The Kier molecular flexibility index (Phi) is 7.46. The van der Waals surface area contributed by atoms with Crippen molar-refractivity contribution in [2.75, 3.05) is 25.3 Å². The Morgan fingerprint density at radius 2 is 1.77 bits per heavy atom. The highest BCUT2D eigenvalue weighted by atomic mass is 16.5. The molecule has 3 rings (SSSR count). The third kappa shape index (κ3) is 4.65. The molecule has 2 aromatic carbocycles. The van der Waals surface area contributed by atoms with Crippen LogP contribution in [0.4, 0.5) is 5.69 Å². The molecular weight excluding hydrogens is 390 g/mol. The standard InChI is InChI=1S/C25H33N3O3/c1-6-19-9-8-10-20(7-2)25(19)28(16-31-5)24(30)15-27-22-14-18(4)17(3)13-21(22)26-23(27)11-12-29/h8-10,13-14,29H,6-7,11-12,15-16H2,1-5H3. The lowest BCUT2D eigenvalue weighted by molar-refractivity contribution is -0.120. The number of anilines is 1. The van der Waals surface area contributed by atoms with E-state index in [-0.39, 0.29) is 25.8 Å². The Morgan fingerprint density at radius 3 is 2.35 bits per heavy atom. The minimum atomic E-state index is -0.0610. The van der Waals surface area contributed by atoms with Gasteiger partial charge in [-0.25, -0.2) is 4.98 Å². The maximum absolute atomic E-state index is 13.6. The van der Waals surface area contributed by atoms with Gasteiger partial charge in [0.1, 0.15) is 19.1 Å². The van der Waals surface area contributed by atoms with Gasteiger partial charge < -0.3 is 14.4 Å². The number of aliphatic hydroxyl groups excluding tert-OH is 1. The summed E-state index contributed by atoms with van der Waals surface area (Å²) in [4.78, 5) is 20.1. The molecule has 1 amide bonds. The van der Waals surface area contributed by atoms with Gasteiger partial charge in [0.2, 0.25) is 5.91 Å². The minimum Gasteiger partial charge on any atom is -0.396 e. The Hall–Kier alpha value is -2.70. The first-order chi connectivity index (χ1) is 14.9. The molecular formula is C25H33N3O3. The molecule has 0 aliphatic heterocycles. The maximum Gasteiger partial charge on any atom is 0.248 e. The molecule has 1 heterocycles. The number of aliphatic hydroxyl groups is 1. The summed E-state index contributed by atoms with van der Waals surface area (Å²) in [5.41, 5.74) is 7.26. The SMILES string of the molecule is CCc1cccc(CC)c1N(COC)C(=O)Cn1c(CCO)nc2cc(C)c(C)cc21. The van der Waals surface area contributed by atoms with Crippen LogP contribution >= 0.6 is 0 Å². The first-order valence-electron chi connectivity index (χ1n) is 10.9. The summed E-state index contributed by atoms with van der Waals surface area (Å²) in [5, 5.41) is 9.55. The molecule has 0 spiro atoms. The zero-order chi connectivity index (χ0) is 22.5. The van der Waals surface area contributed by atoms with Gasteiger partial charge in [-0.1, -0.05) is 32.0 Å². The number of aromatic nitrogens is 2. The lowest BCUT2D eigenvalue weighted by Gasteiger charge is -2.27. The molecule has 166 valence electrons. The highest BCUT2D eigenvalue weighted by molar-refractivity contribution is 5.95. The van der Waals surface area contributed by atoms with Crippen molar-refractivity contribution in [1.82, 2.24) is 9.55 Å². The first kappa shape index (κ1) is 23.0. The number of rotatable bonds is 9. The van der Waals surface area contributed by atoms with Crippen LogP contribution in [0, 0.1) is 13.8 Å². The van der Waals surface area contributed by atoms with E-state index in [4.69, 9.17) is 9.72 Å². The molecule has 6 nitrogen and oxygen atoms in total. The fourth-order valence-corrected chi connectivity index (χ4v) is 4.07. The lowest BCUT2D eigenvalue weighted by atomic mass is 10.0. The average Bonchev–Trinajstić information content (AvgIpc) is 3.07. The number of aryl methyl sites for hydroxylation is 4. The predicted octanol–water partition coefficient (Wildman–Crippen LogP) is 3.95. The van der Waals surface area contributed by atoms with Crippen LogP contribution in [0.1, 0.15) is 41.9 Å². The lowest BCUT2D eigenvalue weighted by Crippen LogP contribution is -2.37. The Bertz CT molecular complexity index is 1050. The highest BCUT2D eigenvalue weighted by Crippen LogP contribution is 2.28. The molecule has 0 unspecified atom stereocenters. The summed E-state index contributed by atoms with van der Waals surface area (Å²) in [6, 6.07) is 10.3. The van der Waals surface area contributed by atoms with Crippen LogP contribution in [0.5, 0.6) is 0 Å². The number of hydrogen-bond acceptors (Lipinski definition) is 4. The van der Waals surface area contributed by atoms with E-state index in [2.05, 4.69) is 45.9 Å². The molecule has 0 atom stereocenters. The topological polar surface area (TPSA) is 67.6 Å². The van der Waals surface area contributed by atoms with Crippen molar-refractivity contribution in [3.8, 4) is 0 Å². The van der Waals surface area contributed by atoms with Crippen molar-refractivity contribution >= 4 is 22.6 Å². The minimum absolute atomic E-state index is 0.0179. The molecule has 31 heavy (non-hydrogen) atoms. The van der Waals surface area contributed by atoms with E-state index in [1.807, 2.05) is 16.7 Å². The van der Waals surface area contributed by atoms with Gasteiger partial charge in [0.15, 0.2) is 0 Å². The molecule has 1 aromatic heterocycles. The van der Waals surface area contributed by atoms with Gasteiger partial charge in [-0.2, -0.15) is 0 Å². The summed E-state index contributed by atoms with van der Waals surface area (Å²) in [7, 11) is 1.61. The number of nitrogens with zero attached hydrogens (tertiary/aromatic N) is 3. The van der Waals surface area contributed by atoms with Gasteiger partial charge in [-0.05, 0) is 61.1 Å². The zero-order valence-electron chi connectivity index (χ0n) is 19.2. The molecule has 1 N–H and O–H groups in total. The van der Waals surface area contributed by atoms with Crippen LogP contribution in [-0.2, 0) is 35.3 Å². The van der Waals surface area contributed by atoms with Gasteiger partial charge in [-0.15, -0.1) is 0 Å². The largest absolute Gasteiger partial charge is 0.396 e. The second kappa shape index (κ2) is 10.1. The summed E-state index contributed by atoms with van der Waals surface area (Å²) < 4.78 is 7.37. The first-order valence-corrected chi connectivity index (χ1v) is 10.9. The zero-order valence-corrected chi connectivity index (χ0v) is 19.2. The highest BCUT2D eigenvalue weighted by Gasteiger charge is 2.23. The fraction of sp³-hybridized carbons (Fsp3) is 0.440. The molecule has 6 heteroatoms. The van der Waals surface area contributed by atoms with Crippen LogP contribution < -0.4 is 4.90 Å². The molecule has 0 saturated heterocycles. The van der Waals surface area contributed by atoms with E-state index in [1.165, 1.54) is 0 Å². The number of ether oxygens (including phenoxy) is 1. The van der Waals surface area contributed by atoms with Crippen LogP contribution in [0.3, 0.4) is 0 Å². The summed E-state index contributed by atoms with van der Waals surface area (Å²) in [5.74, 6) is 0.655. The number of hydrogen-bond donors (Lipinski definition) is 1. The molecule has 3 aromatic rings. The monoisotopic (exact) mass is 423 g/mol. The fourth-order valence-electron chi connectivity index (χ4n) is 4.07. The normalized spacial score (nSPS) is 11.3. The smallest absolute Gasteiger partial charge is 0.248 e. The van der Waals surface area contributed by atoms with E-state index < -0.39 is 0 Å². The van der Waals surface area contributed by atoms with Crippen LogP contribution in [0.2, 0.25) is 0 Å². The maximum atomic E-state index is 13.6. The van der Waals surface area contributed by atoms with Crippen molar-refractivity contribution in [3.63, 3.8) is 0 Å². The van der Waals surface area contributed by atoms with Crippen LogP contribution in [0.15, 0.2) is 30.3 Å². The molecule has 0 saturated carbocycles. The molecule has 0 aliphatic rings. The van der Waals surface area contributed by atoms with E-state index in [9.17, 15) is 9.90 Å². The van der Waals surface area contributed by atoms with Crippen molar-refractivity contribution in [3.05, 3.63) is 58.4 Å².